The molecule has 19 heavy (non-hydrogen) atoms. The van der Waals surface area contributed by atoms with E-state index in [4.69, 9.17) is 0 Å². The predicted molar refractivity (Wildman–Crippen MR) is 89.9 cm³/mol. The summed E-state index contributed by atoms with van der Waals surface area (Å²) in [5.74, 6) is 0. The second kappa shape index (κ2) is 7.41. The summed E-state index contributed by atoms with van der Waals surface area (Å²) < 4.78 is 0. The van der Waals surface area contributed by atoms with Crippen LogP contribution in [0.25, 0.3) is 0 Å². The van der Waals surface area contributed by atoms with Crippen molar-refractivity contribution in [2.75, 3.05) is 18.5 Å². The second-order valence-corrected chi connectivity index (χ2v) is 11.1. The Balaban J connectivity index is 3.17. The summed E-state index contributed by atoms with van der Waals surface area (Å²) in [6, 6.07) is 10.6. The van der Waals surface area contributed by atoms with E-state index in [-0.39, 0.29) is 0 Å². The van der Waals surface area contributed by atoms with Crippen LogP contribution in [0.3, 0.4) is 0 Å². The third-order valence-corrected chi connectivity index (χ3v) is 10.1. The SMILES string of the molecule is CCCCP(O)(CCC)(CCCC)c1ccccc1. The van der Waals surface area contributed by atoms with Crippen molar-refractivity contribution in [2.24, 2.45) is 0 Å². The van der Waals surface area contributed by atoms with E-state index in [1.54, 1.807) is 0 Å². The van der Waals surface area contributed by atoms with Crippen LogP contribution in [0.5, 0.6) is 0 Å². The van der Waals surface area contributed by atoms with E-state index in [1.165, 1.54) is 18.1 Å². The molecule has 1 N–H and O–H groups in total. The third kappa shape index (κ3) is 4.04. The first-order valence-corrected chi connectivity index (χ1v) is 10.6. The second-order valence-electron chi connectivity index (χ2n) is 5.88. The van der Waals surface area contributed by atoms with Gasteiger partial charge in [0.25, 0.3) is 0 Å². The fraction of sp³-hybridized carbons (Fsp3) is 0.647. The van der Waals surface area contributed by atoms with Gasteiger partial charge >= 0.3 is 119 Å². The van der Waals surface area contributed by atoms with E-state index in [0.717, 1.165) is 37.7 Å². The molecule has 2 heteroatoms. The summed E-state index contributed by atoms with van der Waals surface area (Å²) in [5, 5.41) is 1.25. The average Bonchev–Trinajstić information content (AvgIpc) is 2.45. The first-order valence-electron chi connectivity index (χ1n) is 7.90. The zero-order chi connectivity index (χ0) is 14.2. The Morgan fingerprint density at radius 1 is 0.789 bits per heavy atom. The van der Waals surface area contributed by atoms with Gasteiger partial charge in [0.2, 0.25) is 0 Å². The summed E-state index contributed by atoms with van der Waals surface area (Å²) in [6.07, 6.45) is 8.73. The zero-order valence-corrected chi connectivity index (χ0v) is 13.8. The van der Waals surface area contributed by atoms with Crippen molar-refractivity contribution >= 4 is 12.1 Å². The van der Waals surface area contributed by atoms with Crippen LogP contribution in [-0.2, 0) is 0 Å². The van der Waals surface area contributed by atoms with E-state index in [0.29, 0.717) is 0 Å². The maximum atomic E-state index is 11.8. The molecular formula is C17H31OP. The summed E-state index contributed by atoms with van der Waals surface area (Å²) in [5.41, 5.74) is 0. The molecule has 0 aromatic heterocycles. The molecule has 0 fully saturated rings. The Hall–Kier alpha value is -0.390. The van der Waals surface area contributed by atoms with Gasteiger partial charge in [-0.25, -0.2) is 0 Å². The van der Waals surface area contributed by atoms with Crippen molar-refractivity contribution in [3.8, 4) is 0 Å². The molecule has 1 rings (SSSR count). The molecule has 0 aliphatic rings. The van der Waals surface area contributed by atoms with Gasteiger partial charge in [-0.2, -0.15) is 0 Å². The number of hydrogen-bond acceptors (Lipinski definition) is 1. The van der Waals surface area contributed by atoms with E-state index < -0.39 is 6.83 Å². The monoisotopic (exact) mass is 282 g/mol. The molecule has 0 aliphatic carbocycles. The number of rotatable bonds is 9. The van der Waals surface area contributed by atoms with Gasteiger partial charge < -0.3 is 0 Å². The minimum absolute atomic E-state index is 0.996. The zero-order valence-electron chi connectivity index (χ0n) is 12.9. The fourth-order valence-corrected chi connectivity index (χ4v) is 8.69. The Morgan fingerprint density at radius 2 is 1.32 bits per heavy atom. The molecule has 0 aliphatic heterocycles. The van der Waals surface area contributed by atoms with Crippen LogP contribution >= 0.6 is 6.83 Å². The molecule has 1 aromatic carbocycles. The van der Waals surface area contributed by atoms with Gasteiger partial charge in [0.15, 0.2) is 0 Å². The molecule has 0 unspecified atom stereocenters. The van der Waals surface area contributed by atoms with Crippen LogP contribution in [0.4, 0.5) is 0 Å². The van der Waals surface area contributed by atoms with Gasteiger partial charge in [0.05, 0.1) is 0 Å². The van der Waals surface area contributed by atoms with Gasteiger partial charge in [-0.05, 0) is 0 Å². The Morgan fingerprint density at radius 3 is 1.74 bits per heavy atom. The van der Waals surface area contributed by atoms with Gasteiger partial charge in [-0.3, -0.25) is 0 Å². The van der Waals surface area contributed by atoms with E-state index in [1.807, 2.05) is 0 Å². The van der Waals surface area contributed by atoms with Crippen molar-refractivity contribution in [1.29, 1.82) is 0 Å². The van der Waals surface area contributed by atoms with Crippen molar-refractivity contribution in [1.82, 2.24) is 0 Å². The summed E-state index contributed by atoms with van der Waals surface area (Å²) in [6.45, 7) is 3.95. The molecule has 0 amide bonds. The van der Waals surface area contributed by atoms with Gasteiger partial charge in [-0.15, -0.1) is 0 Å². The van der Waals surface area contributed by atoms with Crippen molar-refractivity contribution < 1.29 is 4.89 Å². The Kier molecular flexibility index (Phi) is 6.50. The van der Waals surface area contributed by atoms with Gasteiger partial charge in [0.1, 0.15) is 0 Å². The molecule has 1 nitrogen and oxygen atoms in total. The van der Waals surface area contributed by atoms with Crippen LogP contribution in [0.2, 0.25) is 0 Å². The predicted octanol–water partition coefficient (Wildman–Crippen LogP) is 4.78. The first-order chi connectivity index (χ1) is 9.09. The van der Waals surface area contributed by atoms with Crippen LogP contribution in [0.1, 0.15) is 52.9 Å². The molecule has 0 radical (unpaired) electrons. The molecule has 0 heterocycles. The minimum atomic E-state index is -2.70. The van der Waals surface area contributed by atoms with Crippen LogP contribution < -0.4 is 5.30 Å². The summed E-state index contributed by atoms with van der Waals surface area (Å²) >= 11 is 0. The average molecular weight is 282 g/mol. The molecule has 110 valence electrons. The van der Waals surface area contributed by atoms with Gasteiger partial charge in [0, 0.05) is 0 Å². The topological polar surface area (TPSA) is 20.2 Å². The molecular weight excluding hydrogens is 251 g/mol. The van der Waals surface area contributed by atoms with E-state index >= 15 is 0 Å². The quantitative estimate of drug-likeness (QED) is 0.646. The van der Waals surface area contributed by atoms with Crippen molar-refractivity contribution in [3.05, 3.63) is 30.3 Å². The third-order valence-electron chi connectivity index (χ3n) is 4.25. The number of unbranched alkanes of at least 4 members (excludes halogenated alkanes) is 2. The molecule has 0 spiro atoms. The van der Waals surface area contributed by atoms with Crippen molar-refractivity contribution in [3.63, 3.8) is 0 Å². The maximum absolute atomic E-state index is 11.8. The van der Waals surface area contributed by atoms with Gasteiger partial charge in [-0.1, -0.05) is 0 Å². The molecule has 1 aromatic rings. The summed E-state index contributed by atoms with van der Waals surface area (Å²) in [7, 11) is 0. The normalized spacial score (nSPS) is 14.0. The van der Waals surface area contributed by atoms with Crippen molar-refractivity contribution in [2.45, 2.75) is 52.9 Å². The first kappa shape index (κ1) is 16.7. The number of benzene rings is 1. The molecule has 0 bridgehead atoms. The Labute approximate surface area is 119 Å². The van der Waals surface area contributed by atoms with E-state index in [2.05, 4.69) is 51.1 Å². The molecule has 0 saturated heterocycles. The number of hydrogen-bond donors (Lipinski definition) is 1. The van der Waals surface area contributed by atoms with E-state index in [9.17, 15) is 4.89 Å². The van der Waals surface area contributed by atoms with Crippen LogP contribution in [0.15, 0.2) is 30.3 Å². The summed E-state index contributed by atoms with van der Waals surface area (Å²) in [4.78, 5) is 11.8. The van der Waals surface area contributed by atoms with Crippen LogP contribution in [0, 0.1) is 0 Å². The fourth-order valence-electron chi connectivity index (χ4n) is 3.12. The Bertz CT molecular complexity index is 353. The standard InChI is InChI=1S/C17H31OP/c1-4-7-15-19(18,14-6-3,16-8-5-2)17-12-10-9-11-13-17/h9-13,18H,4-8,14-16H2,1-3H3. The van der Waals surface area contributed by atoms with Crippen LogP contribution in [-0.4, -0.2) is 23.4 Å². The molecule has 0 atom stereocenters. The molecule has 0 saturated carbocycles.